The SMILES string of the molecule is Nc1nc(Oc2cncc(Br)c2)c2cn[nH]c2n1. The van der Waals surface area contributed by atoms with Gasteiger partial charge in [0.1, 0.15) is 11.1 Å². The zero-order chi connectivity index (χ0) is 12.5. The Bertz CT molecular complexity index is 712. The standard InChI is InChI=1S/C10H7BrN6O/c11-5-1-6(3-13-2-5)18-9-7-4-14-17-8(7)15-10(12)16-9/h1-4H,(H3,12,14,15,16,17). The van der Waals surface area contributed by atoms with Crippen molar-refractivity contribution in [2.45, 2.75) is 0 Å². The van der Waals surface area contributed by atoms with E-state index in [1.54, 1.807) is 24.7 Å². The fourth-order valence-corrected chi connectivity index (χ4v) is 1.81. The lowest BCUT2D eigenvalue weighted by molar-refractivity contribution is 0.466. The van der Waals surface area contributed by atoms with Crippen molar-refractivity contribution in [2.24, 2.45) is 0 Å². The summed E-state index contributed by atoms with van der Waals surface area (Å²) in [6.45, 7) is 0. The molecule has 0 bridgehead atoms. The quantitative estimate of drug-likeness (QED) is 0.749. The van der Waals surface area contributed by atoms with Crippen LogP contribution in [0.25, 0.3) is 11.0 Å². The number of nitrogens with one attached hydrogen (secondary N) is 1. The summed E-state index contributed by atoms with van der Waals surface area (Å²) in [6, 6.07) is 1.78. The predicted molar refractivity (Wildman–Crippen MR) is 68.1 cm³/mol. The van der Waals surface area contributed by atoms with E-state index in [-0.39, 0.29) is 5.95 Å². The number of fused-ring (bicyclic) bond motifs is 1. The van der Waals surface area contributed by atoms with Crippen LogP contribution in [0.3, 0.4) is 0 Å². The third kappa shape index (κ3) is 1.97. The van der Waals surface area contributed by atoms with Crippen LogP contribution in [0.5, 0.6) is 11.6 Å². The van der Waals surface area contributed by atoms with Crippen LogP contribution in [0.2, 0.25) is 0 Å². The monoisotopic (exact) mass is 306 g/mol. The highest BCUT2D eigenvalue weighted by Crippen LogP contribution is 2.27. The molecule has 3 aromatic rings. The van der Waals surface area contributed by atoms with Gasteiger partial charge in [0.25, 0.3) is 0 Å². The Hall–Kier alpha value is -2.22. The summed E-state index contributed by atoms with van der Waals surface area (Å²) in [5.74, 6) is 1.00. The third-order valence-electron chi connectivity index (χ3n) is 2.19. The maximum Gasteiger partial charge on any atom is 0.235 e. The lowest BCUT2D eigenvalue weighted by Gasteiger charge is -2.05. The number of aromatic amines is 1. The van der Waals surface area contributed by atoms with Crippen molar-refractivity contribution in [3.63, 3.8) is 0 Å². The maximum atomic E-state index is 5.63. The highest BCUT2D eigenvalue weighted by atomic mass is 79.9. The number of ether oxygens (including phenoxy) is 1. The minimum absolute atomic E-state index is 0.115. The lowest BCUT2D eigenvalue weighted by Crippen LogP contribution is -1.98. The molecule has 0 aliphatic rings. The Balaban J connectivity index is 2.06. The fraction of sp³-hybridized carbons (Fsp3) is 0. The van der Waals surface area contributed by atoms with Crippen molar-refractivity contribution in [1.82, 2.24) is 25.1 Å². The van der Waals surface area contributed by atoms with Crippen LogP contribution < -0.4 is 10.5 Å². The van der Waals surface area contributed by atoms with Gasteiger partial charge in [-0.15, -0.1) is 0 Å². The predicted octanol–water partition coefficient (Wildman–Crippen LogP) is 1.88. The molecule has 0 aliphatic heterocycles. The molecule has 0 saturated heterocycles. The van der Waals surface area contributed by atoms with E-state index < -0.39 is 0 Å². The smallest absolute Gasteiger partial charge is 0.235 e. The first-order chi connectivity index (χ1) is 8.72. The molecule has 0 atom stereocenters. The van der Waals surface area contributed by atoms with Gasteiger partial charge in [0, 0.05) is 10.7 Å². The molecule has 0 saturated carbocycles. The Labute approximate surface area is 110 Å². The molecular formula is C10H7BrN6O. The van der Waals surface area contributed by atoms with Crippen LogP contribution >= 0.6 is 15.9 Å². The molecule has 0 radical (unpaired) electrons. The average molecular weight is 307 g/mol. The number of halogens is 1. The van der Waals surface area contributed by atoms with E-state index in [1.807, 2.05) is 0 Å². The van der Waals surface area contributed by atoms with Crippen molar-refractivity contribution in [1.29, 1.82) is 0 Å². The number of pyridine rings is 1. The number of aromatic nitrogens is 5. The van der Waals surface area contributed by atoms with E-state index in [0.29, 0.717) is 22.7 Å². The molecule has 7 nitrogen and oxygen atoms in total. The molecule has 90 valence electrons. The second kappa shape index (κ2) is 4.22. The Morgan fingerprint density at radius 3 is 2.94 bits per heavy atom. The number of nitrogen functional groups attached to an aromatic ring is 1. The van der Waals surface area contributed by atoms with E-state index in [1.165, 1.54) is 0 Å². The maximum absolute atomic E-state index is 5.63. The van der Waals surface area contributed by atoms with Crippen LogP contribution in [0, 0.1) is 0 Å². The van der Waals surface area contributed by atoms with Gasteiger partial charge < -0.3 is 10.5 Å². The minimum atomic E-state index is 0.115. The van der Waals surface area contributed by atoms with Crippen molar-refractivity contribution in [2.75, 3.05) is 5.73 Å². The summed E-state index contributed by atoms with van der Waals surface area (Å²) in [5.41, 5.74) is 6.12. The molecule has 8 heteroatoms. The van der Waals surface area contributed by atoms with E-state index in [0.717, 1.165) is 4.47 Å². The van der Waals surface area contributed by atoms with Gasteiger partial charge in [0.05, 0.1) is 12.4 Å². The molecule has 3 aromatic heterocycles. The highest BCUT2D eigenvalue weighted by Gasteiger charge is 2.10. The Morgan fingerprint density at radius 2 is 2.11 bits per heavy atom. The molecule has 3 N–H and O–H groups in total. The second-order valence-corrected chi connectivity index (χ2v) is 4.38. The van der Waals surface area contributed by atoms with Crippen molar-refractivity contribution in [3.8, 4) is 11.6 Å². The first-order valence-electron chi connectivity index (χ1n) is 4.97. The zero-order valence-electron chi connectivity index (χ0n) is 8.96. The van der Waals surface area contributed by atoms with Gasteiger partial charge in [-0.25, -0.2) is 0 Å². The lowest BCUT2D eigenvalue weighted by atomic mass is 10.4. The van der Waals surface area contributed by atoms with Gasteiger partial charge in [0.2, 0.25) is 11.8 Å². The van der Waals surface area contributed by atoms with Crippen LogP contribution in [0.4, 0.5) is 5.95 Å². The van der Waals surface area contributed by atoms with Gasteiger partial charge in [-0.05, 0) is 22.0 Å². The number of hydrogen-bond donors (Lipinski definition) is 2. The number of nitrogens with two attached hydrogens (primary N) is 1. The number of nitrogens with zero attached hydrogens (tertiary/aromatic N) is 4. The topological polar surface area (TPSA) is 103 Å². The van der Waals surface area contributed by atoms with E-state index in [4.69, 9.17) is 10.5 Å². The molecule has 0 fully saturated rings. The van der Waals surface area contributed by atoms with Crippen LogP contribution in [0.15, 0.2) is 29.1 Å². The van der Waals surface area contributed by atoms with Crippen molar-refractivity contribution >= 4 is 32.9 Å². The summed E-state index contributed by atoms with van der Waals surface area (Å²) >= 11 is 3.31. The number of hydrogen-bond acceptors (Lipinski definition) is 6. The summed E-state index contributed by atoms with van der Waals surface area (Å²) in [4.78, 5) is 12.0. The van der Waals surface area contributed by atoms with Gasteiger partial charge in [-0.2, -0.15) is 15.1 Å². The first-order valence-corrected chi connectivity index (χ1v) is 5.76. The zero-order valence-corrected chi connectivity index (χ0v) is 10.5. The molecule has 18 heavy (non-hydrogen) atoms. The molecule has 0 amide bonds. The van der Waals surface area contributed by atoms with Gasteiger partial charge >= 0.3 is 0 Å². The molecule has 3 heterocycles. The Morgan fingerprint density at radius 1 is 1.22 bits per heavy atom. The molecule has 0 unspecified atom stereocenters. The number of H-pyrrole nitrogens is 1. The van der Waals surface area contributed by atoms with Crippen molar-refractivity contribution < 1.29 is 4.74 Å². The summed E-state index contributed by atoms with van der Waals surface area (Å²) in [7, 11) is 0. The van der Waals surface area contributed by atoms with Crippen LogP contribution in [0.1, 0.15) is 0 Å². The largest absolute Gasteiger partial charge is 0.436 e. The molecule has 0 aliphatic carbocycles. The van der Waals surface area contributed by atoms with Gasteiger partial charge in [0.15, 0.2) is 5.65 Å². The van der Waals surface area contributed by atoms with E-state index in [2.05, 4.69) is 41.1 Å². The summed E-state index contributed by atoms with van der Waals surface area (Å²) in [5, 5.41) is 7.24. The second-order valence-electron chi connectivity index (χ2n) is 3.46. The third-order valence-corrected chi connectivity index (χ3v) is 2.62. The first kappa shape index (κ1) is 10.9. The molecule has 0 aromatic carbocycles. The molecule has 0 spiro atoms. The number of anilines is 1. The van der Waals surface area contributed by atoms with E-state index >= 15 is 0 Å². The number of rotatable bonds is 2. The fourth-order valence-electron chi connectivity index (χ4n) is 1.46. The molecular weight excluding hydrogens is 300 g/mol. The van der Waals surface area contributed by atoms with Crippen LogP contribution in [-0.2, 0) is 0 Å². The van der Waals surface area contributed by atoms with E-state index in [9.17, 15) is 0 Å². The average Bonchev–Trinajstić information content (AvgIpc) is 2.77. The Kier molecular flexibility index (Phi) is 2.56. The van der Waals surface area contributed by atoms with Gasteiger partial charge in [-0.1, -0.05) is 0 Å². The highest BCUT2D eigenvalue weighted by molar-refractivity contribution is 9.10. The van der Waals surface area contributed by atoms with Crippen LogP contribution in [-0.4, -0.2) is 25.1 Å². The normalized spacial score (nSPS) is 10.7. The van der Waals surface area contributed by atoms with Crippen molar-refractivity contribution in [3.05, 3.63) is 29.1 Å². The summed E-state index contributed by atoms with van der Waals surface area (Å²) < 4.78 is 6.44. The molecule has 3 rings (SSSR count). The van der Waals surface area contributed by atoms with Gasteiger partial charge in [-0.3, -0.25) is 10.1 Å². The minimum Gasteiger partial charge on any atom is -0.436 e. The summed E-state index contributed by atoms with van der Waals surface area (Å²) in [6.07, 6.45) is 4.82.